The minimum absolute atomic E-state index is 0.236. The van der Waals surface area contributed by atoms with E-state index in [4.69, 9.17) is 4.74 Å². The van der Waals surface area contributed by atoms with Crippen LogP contribution in [-0.4, -0.2) is 37.3 Å². The summed E-state index contributed by atoms with van der Waals surface area (Å²) in [6, 6.07) is 0.490. The fraction of sp³-hybridized carbons (Fsp3) is 0.471. The molecule has 1 aliphatic rings. The second-order valence-electron chi connectivity index (χ2n) is 6.39. The van der Waals surface area contributed by atoms with Crippen molar-refractivity contribution >= 4 is 39.3 Å². The van der Waals surface area contributed by atoms with Crippen molar-refractivity contribution in [2.24, 2.45) is 0 Å². The first-order valence-electron chi connectivity index (χ1n) is 8.73. The van der Waals surface area contributed by atoms with Gasteiger partial charge in [-0.3, -0.25) is 4.79 Å². The molecule has 1 N–H and O–H groups in total. The predicted molar refractivity (Wildman–Crippen MR) is 104 cm³/mol. The summed E-state index contributed by atoms with van der Waals surface area (Å²) in [7, 11) is 0. The van der Waals surface area contributed by atoms with E-state index >= 15 is 0 Å². The molecule has 1 saturated carbocycles. The van der Waals surface area contributed by atoms with Crippen LogP contribution in [0.5, 0.6) is 0 Å². The molecule has 8 nitrogen and oxygen atoms in total. The second-order valence-corrected chi connectivity index (χ2v) is 8.33. The summed E-state index contributed by atoms with van der Waals surface area (Å²) >= 11 is 2.70. The van der Waals surface area contributed by atoms with E-state index in [9.17, 15) is 9.59 Å². The Labute approximate surface area is 163 Å². The average Bonchev–Trinajstić information content (AvgIpc) is 3.31. The standard InChI is InChI=1S/C17H19N5O3S2/c1-4-25-16(24)13-8(2)12-14(23)18-11(19-15(12)27-13)7-26-17-21-20-9(3)22(17)10-5-6-10/h10H,4-7H2,1-3H3,(H,18,19,23). The number of aryl methyl sites for hydroxylation is 2. The Bertz CT molecular complexity index is 1080. The third-order valence-corrected chi connectivity index (χ3v) is 6.52. The lowest BCUT2D eigenvalue weighted by atomic mass is 10.2. The molecule has 0 unspecified atom stereocenters. The van der Waals surface area contributed by atoms with Gasteiger partial charge in [0, 0.05) is 6.04 Å². The smallest absolute Gasteiger partial charge is 0.348 e. The molecule has 10 heteroatoms. The van der Waals surface area contributed by atoms with Crippen molar-refractivity contribution in [3.05, 3.63) is 32.4 Å². The first kappa shape index (κ1) is 18.2. The van der Waals surface area contributed by atoms with E-state index in [1.54, 1.807) is 13.8 Å². The number of fused-ring (bicyclic) bond motifs is 1. The van der Waals surface area contributed by atoms with E-state index in [0.29, 0.717) is 44.9 Å². The quantitative estimate of drug-likeness (QED) is 0.497. The number of hydrogen-bond donors (Lipinski definition) is 1. The molecule has 4 rings (SSSR count). The van der Waals surface area contributed by atoms with Gasteiger partial charge in [-0.2, -0.15) is 0 Å². The minimum atomic E-state index is -0.415. The van der Waals surface area contributed by atoms with E-state index in [1.165, 1.54) is 23.1 Å². The zero-order chi connectivity index (χ0) is 19.1. The molecule has 0 saturated heterocycles. The lowest BCUT2D eigenvalue weighted by Crippen LogP contribution is -2.11. The number of carbonyl (C=O) groups is 1. The van der Waals surface area contributed by atoms with Gasteiger partial charge < -0.3 is 14.3 Å². The topological polar surface area (TPSA) is 103 Å². The van der Waals surface area contributed by atoms with Crippen molar-refractivity contribution in [2.45, 2.75) is 50.6 Å². The van der Waals surface area contributed by atoms with Crippen LogP contribution in [0.3, 0.4) is 0 Å². The van der Waals surface area contributed by atoms with E-state index in [1.807, 2.05) is 6.92 Å². The number of ether oxygens (including phenoxy) is 1. The Morgan fingerprint density at radius 3 is 2.85 bits per heavy atom. The highest BCUT2D eigenvalue weighted by Crippen LogP contribution is 2.39. The second kappa shape index (κ2) is 7.08. The number of nitrogens with zero attached hydrogens (tertiary/aromatic N) is 4. The molecule has 3 aromatic heterocycles. The van der Waals surface area contributed by atoms with Crippen LogP contribution in [0.25, 0.3) is 10.2 Å². The van der Waals surface area contributed by atoms with Crippen molar-refractivity contribution in [1.82, 2.24) is 24.7 Å². The third-order valence-electron chi connectivity index (χ3n) is 4.40. The highest BCUT2D eigenvalue weighted by molar-refractivity contribution is 7.98. The van der Waals surface area contributed by atoms with Crippen molar-refractivity contribution in [1.29, 1.82) is 0 Å². The molecule has 1 fully saturated rings. The molecule has 0 aliphatic heterocycles. The number of aromatic nitrogens is 5. The number of esters is 1. The van der Waals surface area contributed by atoms with Crippen LogP contribution in [0.4, 0.5) is 0 Å². The maximum absolute atomic E-state index is 12.5. The van der Waals surface area contributed by atoms with Crippen LogP contribution in [0, 0.1) is 13.8 Å². The van der Waals surface area contributed by atoms with E-state index in [2.05, 4.69) is 24.7 Å². The van der Waals surface area contributed by atoms with Crippen LogP contribution in [-0.2, 0) is 10.5 Å². The number of carbonyl (C=O) groups excluding carboxylic acids is 1. The number of thioether (sulfide) groups is 1. The van der Waals surface area contributed by atoms with Gasteiger partial charge in [-0.25, -0.2) is 9.78 Å². The third kappa shape index (κ3) is 3.39. The minimum Gasteiger partial charge on any atom is -0.462 e. The molecule has 142 valence electrons. The number of H-pyrrole nitrogens is 1. The largest absolute Gasteiger partial charge is 0.462 e. The Hall–Kier alpha value is -2.20. The number of aromatic amines is 1. The summed E-state index contributed by atoms with van der Waals surface area (Å²) in [6.07, 6.45) is 2.30. The zero-order valence-corrected chi connectivity index (χ0v) is 16.9. The van der Waals surface area contributed by atoms with Crippen molar-refractivity contribution < 1.29 is 9.53 Å². The van der Waals surface area contributed by atoms with Gasteiger partial charge in [-0.05, 0) is 39.2 Å². The molecule has 0 aromatic carbocycles. The maximum atomic E-state index is 12.5. The van der Waals surface area contributed by atoms with Crippen molar-refractivity contribution in [3.63, 3.8) is 0 Å². The van der Waals surface area contributed by atoms with Gasteiger partial charge in [-0.1, -0.05) is 11.8 Å². The molecule has 1 aliphatic carbocycles. The summed E-state index contributed by atoms with van der Waals surface area (Å²) in [5, 5.41) is 9.69. The average molecular weight is 406 g/mol. The summed E-state index contributed by atoms with van der Waals surface area (Å²) in [5.41, 5.74) is 0.380. The first-order valence-corrected chi connectivity index (χ1v) is 10.5. The Balaban J connectivity index is 1.62. The lowest BCUT2D eigenvalue weighted by Gasteiger charge is -2.06. The molecule has 27 heavy (non-hydrogen) atoms. The van der Waals surface area contributed by atoms with Gasteiger partial charge in [0.15, 0.2) is 5.16 Å². The van der Waals surface area contributed by atoms with Crippen LogP contribution in [0.2, 0.25) is 0 Å². The van der Waals surface area contributed by atoms with Gasteiger partial charge in [0.2, 0.25) is 0 Å². The normalized spacial score (nSPS) is 14.0. The number of rotatable bonds is 6. The van der Waals surface area contributed by atoms with Gasteiger partial charge >= 0.3 is 5.97 Å². The molecule has 3 heterocycles. The number of hydrogen-bond acceptors (Lipinski definition) is 8. The van der Waals surface area contributed by atoms with Crippen LogP contribution >= 0.6 is 23.1 Å². The highest BCUT2D eigenvalue weighted by atomic mass is 32.2. The maximum Gasteiger partial charge on any atom is 0.348 e. The summed E-state index contributed by atoms with van der Waals surface area (Å²) in [4.78, 5) is 33.0. The molecule has 3 aromatic rings. The number of thiophene rings is 1. The zero-order valence-electron chi connectivity index (χ0n) is 15.2. The Kier molecular flexibility index (Phi) is 4.77. The molecular weight excluding hydrogens is 386 g/mol. The van der Waals surface area contributed by atoms with Crippen LogP contribution < -0.4 is 5.56 Å². The van der Waals surface area contributed by atoms with Crippen LogP contribution in [0.1, 0.15) is 52.7 Å². The van der Waals surface area contributed by atoms with Crippen molar-refractivity contribution in [2.75, 3.05) is 6.61 Å². The van der Waals surface area contributed by atoms with Crippen LogP contribution in [0.15, 0.2) is 9.95 Å². The molecule has 0 atom stereocenters. The first-order chi connectivity index (χ1) is 13.0. The van der Waals surface area contributed by atoms with Gasteiger partial charge in [0.05, 0.1) is 17.7 Å². The summed E-state index contributed by atoms with van der Waals surface area (Å²) in [6.45, 7) is 5.74. The highest BCUT2D eigenvalue weighted by Gasteiger charge is 2.28. The molecular formula is C17H19N5O3S2. The summed E-state index contributed by atoms with van der Waals surface area (Å²) < 4.78 is 7.22. The molecule has 0 spiro atoms. The monoisotopic (exact) mass is 405 g/mol. The molecule has 0 radical (unpaired) electrons. The fourth-order valence-electron chi connectivity index (χ4n) is 2.98. The van der Waals surface area contributed by atoms with E-state index in [0.717, 1.165) is 23.8 Å². The van der Waals surface area contributed by atoms with Gasteiger partial charge in [0.25, 0.3) is 5.56 Å². The lowest BCUT2D eigenvalue weighted by molar-refractivity contribution is 0.0531. The van der Waals surface area contributed by atoms with E-state index in [-0.39, 0.29) is 5.56 Å². The Morgan fingerprint density at radius 1 is 1.37 bits per heavy atom. The van der Waals surface area contributed by atoms with Gasteiger partial charge in [0.1, 0.15) is 21.4 Å². The summed E-state index contributed by atoms with van der Waals surface area (Å²) in [5.74, 6) is 1.52. The van der Waals surface area contributed by atoms with Crippen molar-refractivity contribution in [3.8, 4) is 0 Å². The molecule has 0 amide bonds. The van der Waals surface area contributed by atoms with E-state index < -0.39 is 5.97 Å². The number of nitrogens with one attached hydrogen (secondary N) is 1. The fourth-order valence-corrected chi connectivity index (χ4v) is 5.00. The predicted octanol–water partition coefficient (Wildman–Crippen LogP) is 3.00. The Morgan fingerprint density at radius 2 is 2.15 bits per heavy atom. The van der Waals surface area contributed by atoms with Gasteiger partial charge in [-0.15, -0.1) is 21.5 Å². The SMILES string of the molecule is CCOC(=O)c1sc2nc(CSc3nnc(C)n3C3CC3)[nH]c(=O)c2c1C. The molecule has 0 bridgehead atoms.